The lowest BCUT2D eigenvalue weighted by atomic mass is 10.1. The molecule has 0 saturated heterocycles. The number of nitrogens with zero attached hydrogens (tertiary/aromatic N) is 2. The maximum Gasteiger partial charge on any atom is 0.441 e. The van der Waals surface area contributed by atoms with Gasteiger partial charge in [0.05, 0.1) is 12.8 Å². The lowest BCUT2D eigenvalue weighted by Gasteiger charge is -2.35. The highest BCUT2D eigenvalue weighted by atomic mass is 19.4. The van der Waals surface area contributed by atoms with Crippen LogP contribution in [0.15, 0.2) is 42.7 Å². The van der Waals surface area contributed by atoms with Crippen LogP contribution < -0.4 is 10.6 Å². The molecular weight excluding hydrogens is 332 g/mol. The van der Waals surface area contributed by atoms with Crippen LogP contribution in [-0.2, 0) is 9.53 Å². The van der Waals surface area contributed by atoms with Gasteiger partial charge in [0.25, 0.3) is 0 Å². The first kappa shape index (κ1) is 17.4. The van der Waals surface area contributed by atoms with Crippen LogP contribution in [0.3, 0.4) is 0 Å². The van der Waals surface area contributed by atoms with E-state index in [9.17, 15) is 22.4 Å². The summed E-state index contributed by atoms with van der Waals surface area (Å²) >= 11 is 0. The van der Waals surface area contributed by atoms with E-state index < -0.39 is 35.3 Å². The second-order valence-electron chi connectivity index (χ2n) is 4.54. The van der Waals surface area contributed by atoms with Gasteiger partial charge in [-0.3, -0.25) is 0 Å². The van der Waals surface area contributed by atoms with Gasteiger partial charge in [0, 0.05) is 12.4 Å². The number of nitrogens with one attached hydrogen (secondary N) is 2. The van der Waals surface area contributed by atoms with E-state index >= 15 is 0 Å². The van der Waals surface area contributed by atoms with Crippen molar-refractivity contribution in [1.29, 1.82) is 0 Å². The number of esters is 1. The number of halogens is 4. The summed E-state index contributed by atoms with van der Waals surface area (Å²) in [7, 11) is 0.777. The molecule has 0 spiro atoms. The SMILES string of the molecule is COC(=O)C(Nc1ncccn1)(Nc1ccccc1F)C(F)(F)F. The zero-order valence-corrected chi connectivity index (χ0v) is 12.3. The lowest BCUT2D eigenvalue weighted by Crippen LogP contribution is -2.64. The fraction of sp³-hybridized carbons (Fsp3) is 0.214. The van der Waals surface area contributed by atoms with E-state index in [1.807, 2.05) is 10.6 Å². The number of rotatable bonds is 5. The Kier molecular flexibility index (Phi) is 4.86. The highest BCUT2D eigenvalue weighted by Crippen LogP contribution is 2.35. The topological polar surface area (TPSA) is 76.1 Å². The molecule has 1 heterocycles. The maximum atomic E-state index is 13.8. The Bertz CT molecular complexity index is 711. The molecule has 1 unspecified atom stereocenters. The minimum absolute atomic E-state index is 0.496. The van der Waals surface area contributed by atoms with Crippen LogP contribution >= 0.6 is 0 Å². The Morgan fingerprint density at radius 3 is 2.25 bits per heavy atom. The zero-order chi connectivity index (χ0) is 17.8. The van der Waals surface area contributed by atoms with Gasteiger partial charge in [-0.15, -0.1) is 0 Å². The average Bonchev–Trinajstić information content (AvgIpc) is 2.55. The molecule has 2 aromatic rings. The first-order valence-corrected chi connectivity index (χ1v) is 6.53. The van der Waals surface area contributed by atoms with Gasteiger partial charge >= 0.3 is 17.8 Å². The highest BCUT2D eigenvalue weighted by Gasteiger charge is 2.63. The molecule has 2 N–H and O–H groups in total. The van der Waals surface area contributed by atoms with Crippen LogP contribution in [0, 0.1) is 5.82 Å². The summed E-state index contributed by atoms with van der Waals surface area (Å²) in [5.41, 5.74) is -4.03. The number of methoxy groups -OCH3 is 1. The molecule has 128 valence electrons. The molecule has 0 radical (unpaired) electrons. The van der Waals surface area contributed by atoms with E-state index in [0.29, 0.717) is 0 Å². The van der Waals surface area contributed by atoms with Gasteiger partial charge in [0.1, 0.15) is 5.82 Å². The van der Waals surface area contributed by atoms with Gasteiger partial charge in [0.15, 0.2) is 0 Å². The Morgan fingerprint density at radius 1 is 1.08 bits per heavy atom. The van der Waals surface area contributed by atoms with E-state index in [2.05, 4.69) is 14.7 Å². The molecule has 1 aromatic heterocycles. The Balaban J connectivity index is 2.54. The normalized spacial score (nSPS) is 13.7. The second kappa shape index (κ2) is 6.69. The van der Waals surface area contributed by atoms with Crippen molar-refractivity contribution >= 4 is 17.6 Å². The summed E-state index contributed by atoms with van der Waals surface area (Å²) < 4.78 is 59.2. The van der Waals surface area contributed by atoms with Crippen molar-refractivity contribution < 1.29 is 27.1 Å². The molecule has 0 bridgehead atoms. The summed E-state index contributed by atoms with van der Waals surface area (Å²) in [6, 6.07) is 5.97. The van der Waals surface area contributed by atoms with Gasteiger partial charge in [-0.25, -0.2) is 19.2 Å². The standard InChI is InChI=1S/C14H12F4N4O2/c1-24-11(23)13(14(16,17)18,22-12-19-7-4-8-20-12)21-10-6-3-2-5-9(10)15/h2-8,21H,1H3,(H,19,20,22). The maximum absolute atomic E-state index is 13.8. The number of aromatic nitrogens is 2. The summed E-state index contributed by atoms with van der Waals surface area (Å²) in [5.74, 6) is -3.21. The molecule has 1 aromatic carbocycles. The molecule has 24 heavy (non-hydrogen) atoms. The zero-order valence-electron chi connectivity index (χ0n) is 12.3. The first-order valence-electron chi connectivity index (χ1n) is 6.53. The van der Waals surface area contributed by atoms with Gasteiger partial charge in [-0.05, 0) is 18.2 Å². The van der Waals surface area contributed by atoms with Crippen molar-refractivity contribution in [2.75, 3.05) is 17.7 Å². The molecule has 0 amide bonds. The van der Waals surface area contributed by atoms with E-state index in [1.54, 1.807) is 0 Å². The Labute approximate surface area is 133 Å². The summed E-state index contributed by atoms with van der Waals surface area (Å²) in [6.07, 6.45) is -2.85. The summed E-state index contributed by atoms with van der Waals surface area (Å²) in [4.78, 5) is 19.1. The molecule has 0 saturated carbocycles. The molecule has 0 aliphatic carbocycles. The lowest BCUT2D eigenvalue weighted by molar-refractivity contribution is -0.193. The van der Waals surface area contributed by atoms with Gasteiger partial charge in [0.2, 0.25) is 5.95 Å². The third kappa shape index (κ3) is 3.36. The predicted octanol–water partition coefficient (Wildman–Crippen LogP) is 2.57. The van der Waals surface area contributed by atoms with Crippen molar-refractivity contribution in [2.24, 2.45) is 0 Å². The van der Waals surface area contributed by atoms with Crippen LogP contribution in [0.5, 0.6) is 0 Å². The van der Waals surface area contributed by atoms with Crippen LogP contribution in [0.25, 0.3) is 0 Å². The Morgan fingerprint density at radius 2 is 1.71 bits per heavy atom. The van der Waals surface area contributed by atoms with Gasteiger partial charge < -0.3 is 15.4 Å². The largest absolute Gasteiger partial charge is 0.466 e. The molecular formula is C14H12F4N4O2. The van der Waals surface area contributed by atoms with Crippen molar-refractivity contribution in [2.45, 2.75) is 11.8 Å². The predicted molar refractivity (Wildman–Crippen MR) is 76.5 cm³/mol. The number of para-hydroxylation sites is 1. The van der Waals surface area contributed by atoms with E-state index in [-0.39, 0.29) is 0 Å². The summed E-state index contributed by atoms with van der Waals surface area (Å²) in [6.45, 7) is 0. The molecule has 0 aliphatic rings. The summed E-state index contributed by atoms with van der Waals surface area (Å²) in [5, 5.41) is 3.69. The number of hydrogen-bond donors (Lipinski definition) is 2. The average molecular weight is 344 g/mol. The van der Waals surface area contributed by atoms with Crippen LogP contribution in [0.2, 0.25) is 0 Å². The van der Waals surface area contributed by atoms with Gasteiger partial charge in [-0.2, -0.15) is 13.2 Å². The quantitative estimate of drug-likeness (QED) is 0.493. The first-order chi connectivity index (χ1) is 11.3. The molecule has 1 atom stereocenters. The van der Waals surface area contributed by atoms with Crippen molar-refractivity contribution in [3.05, 3.63) is 48.5 Å². The number of anilines is 2. The molecule has 0 fully saturated rings. The number of alkyl halides is 3. The minimum Gasteiger partial charge on any atom is -0.466 e. The third-order valence-electron chi connectivity index (χ3n) is 2.98. The Hall–Kier alpha value is -2.91. The minimum atomic E-state index is -5.21. The number of ether oxygens (including phenoxy) is 1. The van der Waals surface area contributed by atoms with E-state index in [1.165, 1.54) is 30.6 Å². The molecule has 10 heteroatoms. The molecule has 0 aliphatic heterocycles. The van der Waals surface area contributed by atoms with Gasteiger partial charge in [-0.1, -0.05) is 12.1 Å². The smallest absolute Gasteiger partial charge is 0.441 e. The fourth-order valence-corrected chi connectivity index (χ4v) is 1.84. The second-order valence-corrected chi connectivity index (χ2v) is 4.54. The third-order valence-corrected chi connectivity index (χ3v) is 2.98. The number of carbonyl (C=O) groups is 1. The fourth-order valence-electron chi connectivity index (χ4n) is 1.84. The number of benzene rings is 1. The van der Waals surface area contributed by atoms with Crippen molar-refractivity contribution in [3.8, 4) is 0 Å². The number of hydrogen-bond acceptors (Lipinski definition) is 6. The number of carbonyl (C=O) groups excluding carboxylic acids is 1. The highest BCUT2D eigenvalue weighted by molar-refractivity contribution is 5.88. The molecule has 6 nitrogen and oxygen atoms in total. The monoisotopic (exact) mass is 344 g/mol. The van der Waals surface area contributed by atoms with Crippen LogP contribution in [-0.4, -0.2) is 34.9 Å². The van der Waals surface area contributed by atoms with Crippen LogP contribution in [0.4, 0.5) is 29.2 Å². The van der Waals surface area contributed by atoms with Crippen molar-refractivity contribution in [1.82, 2.24) is 9.97 Å². The van der Waals surface area contributed by atoms with Crippen molar-refractivity contribution in [3.63, 3.8) is 0 Å². The van der Waals surface area contributed by atoms with E-state index in [4.69, 9.17) is 0 Å². The molecule has 2 rings (SSSR count). The van der Waals surface area contributed by atoms with Crippen LogP contribution in [0.1, 0.15) is 0 Å². The van der Waals surface area contributed by atoms with E-state index in [0.717, 1.165) is 19.2 Å².